The average Bonchev–Trinajstić information content (AvgIpc) is 2.25. The summed E-state index contributed by atoms with van der Waals surface area (Å²) in [6.45, 7) is -0.565. The van der Waals surface area contributed by atoms with Gasteiger partial charge in [0, 0.05) is 7.11 Å². The van der Waals surface area contributed by atoms with E-state index in [1.807, 2.05) is 0 Å². The van der Waals surface area contributed by atoms with Crippen LogP contribution in [0.1, 0.15) is 0 Å². The fraction of sp³-hybridized carbons (Fsp3) is 0.571. The summed E-state index contributed by atoms with van der Waals surface area (Å²) in [5, 5.41) is 18.4. The van der Waals surface area contributed by atoms with Crippen molar-refractivity contribution in [1.82, 2.24) is 0 Å². The fourth-order valence-corrected chi connectivity index (χ4v) is 1.33. The highest BCUT2D eigenvalue weighted by Gasteiger charge is 2.56. The first-order valence-electron chi connectivity index (χ1n) is 3.61. The van der Waals surface area contributed by atoms with E-state index in [0.717, 1.165) is 7.11 Å². The predicted octanol–water partition coefficient (Wildman–Crippen LogP) is -0.572. The number of ether oxygens (including phenoxy) is 1. The van der Waals surface area contributed by atoms with Crippen LogP contribution in [0.15, 0.2) is 0 Å². The molecule has 0 spiro atoms. The fourth-order valence-electron chi connectivity index (χ4n) is 0.678. The van der Waals surface area contributed by atoms with E-state index in [9.17, 15) is 14.7 Å². The normalized spacial score (nSPS) is 18.4. The number of nitriles is 1. The third-order valence-corrected chi connectivity index (χ3v) is 4.12. The molecule has 0 rings (SSSR count). The van der Waals surface area contributed by atoms with Gasteiger partial charge < -0.3 is 15.6 Å². The molecule has 0 bridgehead atoms. The summed E-state index contributed by atoms with van der Waals surface area (Å²) in [6, 6.07) is 1.51. The van der Waals surface area contributed by atoms with Crippen molar-refractivity contribution in [3.63, 3.8) is 0 Å². The van der Waals surface area contributed by atoms with Crippen molar-refractivity contribution in [3.05, 3.63) is 0 Å². The van der Waals surface area contributed by atoms with Gasteiger partial charge >= 0.3 is 0 Å². The maximum atomic E-state index is 11.4. The van der Waals surface area contributed by atoms with Gasteiger partial charge in [-0.15, -0.1) is 0 Å². The number of halogens is 2. The molecule has 8 heteroatoms. The molecule has 0 aliphatic heterocycles. The maximum Gasteiger partial charge on any atom is 0.256 e. The van der Waals surface area contributed by atoms with E-state index in [4.69, 9.17) is 11.0 Å². The van der Waals surface area contributed by atoms with E-state index in [0.29, 0.717) is 0 Å². The summed E-state index contributed by atoms with van der Waals surface area (Å²) in [4.78, 5) is 22.4. The Bertz CT molecular complexity index is 325. The van der Waals surface area contributed by atoms with E-state index in [1.165, 1.54) is 6.07 Å². The highest BCUT2D eigenvalue weighted by molar-refractivity contribution is 9.13. The van der Waals surface area contributed by atoms with Gasteiger partial charge in [0.05, 0.1) is 6.54 Å². The Labute approximate surface area is 103 Å². The van der Waals surface area contributed by atoms with Gasteiger partial charge in [-0.2, -0.15) is 5.26 Å². The van der Waals surface area contributed by atoms with Gasteiger partial charge in [0.1, 0.15) is 6.07 Å². The second-order valence-electron chi connectivity index (χ2n) is 2.49. The zero-order valence-corrected chi connectivity index (χ0v) is 10.8. The Morgan fingerprint density at radius 1 is 1.60 bits per heavy atom. The first-order valence-corrected chi connectivity index (χ1v) is 5.19. The van der Waals surface area contributed by atoms with E-state index < -0.39 is 27.1 Å². The minimum Gasteiger partial charge on any atom is -0.368 e. The Morgan fingerprint density at radius 3 is 2.33 bits per heavy atom. The van der Waals surface area contributed by atoms with Crippen molar-refractivity contribution in [2.75, 3.05) is 13.7 Å². The van der Waals surface area contributed by atoms with Crippen LogP contribution in [0.3, 0.4) is 0 Å². The Hall–Kier alpha value is -0.330. The minimum absolute atomic E-state index is 0.565. The van der Waals surface area contributed by atoms with Crippen molar-refractivity contribution in [2.24, 2.45) is 5.73 Å². The van der Waals surface area contributed by atoms with Crippen LogP contribution in [-0.2, 0) is 14.3 Å². The second kappa shape index (κ2) is 5.14. The SMILES string of the molecule is CO[C@@](Br)(C#N)[C@@](O)(Br)C(=O)C(=O)CN. The zero-order valence-electron chi connectivity index (χ0n) is 7.66. The average molecular weight is 344 g/mol. The van der Waals surface area contributed by atoms with Crippen LogP contribution in [0.25, 0.3) is 0 Å². The molecular weight excluding hydrogens is 336 g/mol. The van der Waals surface area contributed by atoms with Crippen molar-refractivity contribution < 1.29 is 19.4 Å². The molecule has 0 saturated carbocycles. The molecule has 0 aromatic carbocycles. The number of hydrogen-bond donors (Lipinski definition) is 2. The van der Waals surface area contributed by atoms with E-state index in [2.05, 4.69) is 36.6 Å². The molecule has 0 radical (unpaired) electrons. The number of hydrogen-bond acceptors (Lipinski definition) is 6. The number of nitrogens with two attached hydrogens (primary N) is 1. The Morgan fingerprint density at radius 2 is 2.07 bits per heavy atom. The molecule has 15 heavy (non-hydrogen) atoms. The molecule has 0 aromatic rings. The molecular formula is C7H8Br2N2O4. The summed E-state index contributed by atoms with van der Waals surface area (Å²) < 4.78 is 0.0726. The van der Waals surface area contributed by atoms with Crippen molar-refractivity contribution in [1.29, 1.82) is 5.26 Å². The number of carbonyl (C=O) groups excluding carboxylic acids is 2. The Kier molecular flexibility index (Phi) is 5.02. The molecule has 0 fully saturated rings. The molecule has 6 nitrogen and oxygen atoms in total. The number of methoxy groups -OCH3 is 1. The van der Waals surface area contributed by atoms with Gasteiger partial charge in [-0.3, -0.25) is 9.59 Å². The molecule has 0 aliphatic rings. The zero-order chi connectivity index (χ0) is 12.3. The third kappa shape index (κ3) is 2.62. The van der Waals surface area contributed by atoms with Gasteiger partial charge in [-0.1, -0.05) is 0 Å². The highest BCUT2D eigenvalue weighted by atomic mass is 79.9. The number of alkyl halides is 2. The molecule has 0 amide bonds. The predicted molar refractivity (Wildman–Crippen MR) is 57.2 cm³/mol. The molecule has 0 unspecified atom stereocenters. The van der Waals surface area contributed by atoms with Gasteiger partial charge in [0.15, 0.2) is 0 Å². The largest absolute Gasteiger partial charge is 0.368 e. The van der Waals surface area contributed by atoms with Gasteiger partial charge in [-0.05, 0) is 31.9 Å². The van der Waals surface area contributed by atoms with Crippen LogP contribution in [-0.4, -0.2) is 39.3 Å². The molecule has 0 saturated heterocycles. The summed E-state index contributed by atoms with van der Waals surface area (Å²) >= 11 is 5.28. The third-order valence-electron chi connectivity index (χ3n) is 1.59. The quantitative estimate of drug-likeness (QED) is 0.510. The Balaban J connectivity index is 5.23. The summed E-state index contributed by atoms with van der Waals surface area (Å²) in [7, 11) is 1.09. The second-order valence-corrected chi connectivity index (χ2v) is 4.75. The highest BCUT2D eigenvalue weighted by Crippen LogP contribution is 2.37. The first-order chi connectivity index (χ1) is 6.76. The molecule has 2 atom stereocenters. The number of carbonyl (C=O) groups is 2. The van der Waals surface area contributed by atoms with Crippen LogP contribution < -0.4 is 5.73 Å². The van der Waals surface area contributed by atoms with Crippen LogP contribution in [0.5, 0.6) is 0 Å². The van der Waals surface area contributed by atoms with Gasteiger partial charge in [-0.25, -0.2) is 0 Å². The van der Waals surface area contributed by atoms with Crippen molar-refractivity contribution >= 4 is 43.4 Å². The molecule has 0 aliphatic carbocycles. The first kappa shape index (κ1) is 14.7. The number of Topliss-reactive ketones (excluding diaryl/α,β-unsaturated/α-hetero) is 2. The lowest BCUT2D eigenvalue weighted by Crippen LogP contribution is -2.54. The lowest BCUT2D eigenvalue weighted by molar-refractivity contribution is -0.147. The summed E-state index contributed by atoms with van der Waals surface area (Å²) in [5.74, 6) is -2.28. The van der Waals surface area contributed by atoms with Crippen LogP contribution >= 0.6 is 31.9 Å². The van der Waals surface area contributed by atoms with Crippen LogP contribution in [0.2, 0.25) is 0 Å². The molecule has 0 aromatic heterocycles. The van der Waals surface area contributed by atoms with Crippen LogP contribution in [0, 0.1) is 11.3 Å². The van der Waals surface area contributed by atoms with Crippen molar-refractivity contribution in [3.8, 4) is 6.07 Å². The topological polar surface area (TPSA) is 113 Å². The summed E-state index contributed by atoms with van der Waals surface area (Å²) in [5.41, 5.74) is 4.95. The maximum absolute atomic E-state index is 11.4. The molecule has 3 N–H and O–H groups in total. The number of rotatable bonds is 5. The van der Waals surface area contributed by atoms with E-state index >= 15 is 0 Å². The lowest BCUT2D eigenvalue weighted by Gasteiger charge is -2.30. The minimum atomic E-state index is -2.49. The number of nitrogens with zero attached hydrogens (tertiary/aromatic N) is 1. The van der Waals surface area contributed by atoms with Gasteiger partial charge in [0.25, 0.3) is 4.51 Å². The molecule has 0 heterocycles. The van der Waals surface area contributed by atoms with Crippen molar-refractivity contribution in [2.45, 2.75) is 9.02 Å². The number of ketones is 2. The smallest absolute Gasteiger partial charge is 0.256 e. The number of aliphatic hydroxyl groups is 1. The monoisotopic (exact) mass is 342 g/mol. The summed E-state index contributed by atoms with van der Waals surface area (Å²) in [6.07, 6.45) is 0. The van der Waals surface area contributed by atoms with Gasteiger partial charge in [0.2, 0.25) is 16.1 Å². The molecule has 84 valence electrons. The standard InChI is InChI=1S/C7H8Br2N2O4/c1-15-6(8,3-11)7(9,14)5(13)4(12)2-10/h14H,2,10H2,1H3/t6-,7+/m0/s1. The van der Waals surface area contributed by atoms with E-state index in [-0.39, 0.29) is 0 Å². The van der Waals surface area contributed by atoms with E-state index in [1.54, 1.807) is 0 Å². The van der Waals surface area contributed by atoms with Crippen LogP contribution in [0.4, 0.5) is 0 Å². The lowest BCUT2D eigenvalue weighted by atomic mass is 10.1.